The minimum absolute atomic E-state index is 0.782. The van der Waals surface area contributed by atoms with Crippen LogP contribution in [0.1, 0.15) is 44.1 Å². The van der Waals surface area contributed by atoms with E-state index in [-0.39, 0.29) is 0 Å². The summed E-state index contributed by atoms with van der Waals surface area (Å²) < 4.78 is 1.21. The largest absolute Gasteiger partial charge is 0.368 e. The second kappa shape index (κ2) is 5.34. The quantitative estimate of drug-likeness (QED) is 0.808. The molecule has 0 heterocycles. The lowest BCUT2D eigenvalue weighted by molar-refractivity contribution is 0.673. The fourth-order valence-electron chi connectivity index (χ4n) is 2.90. The molecule has 0 bridgehead atoms. The van der Waals surface area contributed by atoms with Crippen molar-refractivity contribution in [2.75, 3.05) is 11.4 Å². The van der Waals surface area contributed by atoms with Crippen molar-refractivity contribution in [2.24, 2.45) is 5.92 Å². The van der Waals surface area contributed by atoms with Crippen molar-refractivity contribution in [1.29, 1.82) is 0 Å². The lowest BCUT2D eigenvalue weighted by Crippen LogP contribution is -2.30. The fourth-order valence-corrected chi connectivity index (χ4v) is 3.25. The molecule has 0 aliphatic heterocycles. The first kappa shape index (κ1) is 13.1. The highest BCUT2D eigenvalue weighted by Gasteiger charge is 2.34. The molecule has 0 saturated heterocycles. The molecule has 1 N–H and O–H groups in total. The summed E-state index contributed by atoms with van der Waals surface area (Å²) in [6.45, 7) is 2.30. The summed E-state index contributed by atoms with van der Waals surface area (Å²) in [5.74, 6) is 0.957. The van der Waals surface area contributed by atoms with Crippen LogP contribution in [0.15, 0.2) is 22.7 Å². The molecule has 0 radical (unpaired) electrons. The molecule has 3 fully saturated rings. The van der Waals surface area contributed by atoms with Gasteiger partial charge in [-0.1, -0.05) is 22.0 Å². The van der Waals surface area contributed by atoms with E-state index in [2.05, 4.69) is 44.3 Å². The van der Waals surface area contributed by atoms with E-state index in [1.165, 1.54) is 60.8 Å². The maximum atomic E-state index is 3.67. The summed E-state index contributed by atoms with van der Waals surface area (Å²) in [5, 5.41) is 3.67. The van der Waals surface area contributed by atoms with E-state index in [1.807, 2.05) is 0 Å². The Labute approximate surface area is 130 Å². The highest BCUT2D eigenvalue weighted by molar-refractivity contribution is 9.10. The zero-order chi connectivity index (χ0) is 13.5. The number of hydrogen-bond acceptors (Lipinski definition) is 2. The van der Waals surface area contributed by atoms with Gasteiger partial charge in [-0.15, -0.1) is 0 Å². The van der Waals surface area contributed by atoms with Crippen molar-refractivity contribution in [2.45, 2.75) is 57.2 Å². The number of rotatable bonds is 7. The van der Waals surface area contributed by atoms with Crippen LogP contribution >= 0.6 is 15.9 Å². The van der Waals surface area contributed by atoms with Gasteiger partial charge in [-0.2, -0.15) is 0 Å². The molecule has 3 heteroatoms. The number of benzene rings is 1. The molecule has 4 rings (SSSR count). The van der Waals surface area contributed by atoms with Crippen LogP contribution in [0.25, 0.3) is 0 Å². The van der Waals surface area contributed by atoms with Crippen molar-refractivity contribution < 1.29 is 0 Å². The predicted octanol–water partition coefficient (Wildman–Crippen LogP) is 4.08. The second-order valence-corrected chi connectivity index (χ2v) is 7.67. The zero-order valence-corrected chi connectivity index (χ0v) is 13.5. The minimum atomic E-state index is 0.782. The average molecular weight is 335 g/mol. The number of nitrogens with zero attached hydrogens (tertiary/aromatic N) is 1. The van der Waals surface area contributed by atoms with Crippen molar-refractivity contribution in [3.63, 3.8) is 0 Å². The number of hydrogen-bond donors (Lipinski definition) is 1. The van der Waals surface area contributed by atoms with Crippen LogP contribution in [0.3, 0.4) is 0 Å². The van der Waals surface area contributed by atoms with Crippen molar-refractivity contribution in [3.05, 3.63) is 28.2 Å². The average Bonchev–Trinajstić information content (AvgIpc) is 3.24. The normalized spacial score (nSPS) is 22.1. The smallest absolute Gasteiger partial charge is 0.0425 e. The monoisotopic (exact) mass is 334 g/mol. The molecule has 0 unspecified atom stereocenters. The molecular formula is C17H23BrN2. The predicted molar refractivity (Wildman–Crippen MR) is 87.1 cm³/mol. The molecule has 20 heavy (non-hydrogen) atoms. The Kier molecular flexibility index (Phi) is 3.51. The van der Waals surface area contributed by atoms with Crippen LogP contribution in [0.5, 0.6) is 0 Å². The van der Waals surface area contributed by atoms with Crippen LogP contribution < -0.4 is 10.2 Å². The van der Waals surface area contributed by atoms with Gasteiger partial charge in [0.25, 0.3) is 0 Å². The summed E-state index contributed by atoms with van der Waals surface area (Å²) in [5.41, 5.74) is 2.95. The van der Waals surface area contributed by atoms with Gasteiger partial charge >= 0.3 is 0 Å². The van der Waals surface area contributed by atoms with Crippen LogP contribution in [-0.2, 0) is 6.54 Å². The lowest BCUT2D eigenvalue weighted by Gasteiger charge is -2.28. The number of nitrogens with one attached hydrogen (secondary N) is 1. The van der Waals surface area contributed by atoms with Gasteiger partial charge in [0.2, 0.25) is 0 Å². The SMILES string of the molecule is Brc1ccc(CNC2CC2)c(N(CC2CC2)C2CC2)c1. The molecule has 3 saturated carbocycles. The first-order valence-electron chi connectivity index (χ1n) is 8.08. The summed E-state index contributed by atoms with van der Waals surface area (Å²) in [7, 11) is 0. The molecule has 0 spiro atoms. The van der Waals surface area contributed by atoms with Gasteiger partial charge in [-0.05, 0) is 62.1 Å². The fraction of sp³-hybridized carbons (Fsp3) is 0.647. The molecular weight excluding hydrogens is 312 g/mol. The van der Waals surface area contributed by atoms with Crippen LogP contribution in [-0.4, -0.2) is 18.6 Å². The van der Waals surface area contributed by atoms with Gasteiger partial charge in [0.05, 0.1) is 0 Å². The highest BCUT2D eigenvalue weighted by atomic mass is 79.9. The third-order valence-corrected chi connectivity index (χ3v) is 5.15. The van der Waals surface area contributed by atoms with Crippen LogP contribution in [0.4, 0.5) is 5.69 Å². The van der Waals surface area contributed by atoms with Crippen LogP contribution in [0, 0.1) is 5.92 Å². The molecule has 0 amide bonds. The number of halogens is 1. The summed E-state index contributed by atoms with van der Waals surface area (Å²) in [6, 6.07) is 8.42. The maximum Gasteiger partial charge on any atom is 0.0425 e. The lowest BCUT2D eigenvalue weighted by atomic mass is 10.1. The summed E-state index contributed by atoms with van der Waals surface area (Å²) in [4.78, 5) is 2.70. The molecule has 3 aliphatic carbocycles. The van der Waals surface area contributed by atoms with E-state index in [9.17, 15) is 0 Å². The van der Waals surface area contributed by atoms with Crippen molar-refractivity contribution in [1.82, 2.24) is 5.32 Å². The topological polar surface area (TPSA) is 15.3 Å². The van der Waals surface area contributed by atoms with Gasteiger partial charge in [0, 0.05) is 35.3 Å². The van der Waals surface area contributed by atoms with Gasteiger partial charge in [-0.3, -0.25) is 0 Å². The molecule has 108 valence electrons. The molecule has 3 aliphatic rings. The van der Waals surface area contributed by atoms with E-state index in [4.69, 9.17) is 0 Å². The van der Waals surface area contributed by atoms with Crippen molar-refractivity contribution >= 4 is 21.6 Å². The van der Waals surface area contributed by atoms with E-state index >= 15 is 0 Å². The van der Waals surface area contributed by atoms with E-state index < -0.39 is 0 Å². The maximum absolute atomic E-state index is 3.67. The Morgan fingerprint density at radius 1 is 1.10 bits per heavy atom. The first-order chi connectivity index (χ1) is 9.79. The third kappa shape index (κ3) is 3.20. The van der Waals surface area contributed by atoms with Gasteiger partial charge in [-0.25, -0.2) is 0 Å². The van der Waals surface area contributed by atoms with E-state index in [0.717, 1.165) is 24.5 Å². The Bertz CT molecular complexity index is 490. The standard InChI is InChI=1S/C17H23BrN2/c18-14-4-3-13(10-19-15-5-6-15)17(9-14)20(16-7-8-16)11-12-1-2-12/h3-4,9,12,15-16,19H,1-2,5-8,10-11H2. The molecule has 1 aromatic rings. The molecule has 1 aromatic carbocycles. The Morgan fingerprint density at radius 2 is 1.90 bits per heavy atom. The first-order valence-corrected chi connectivity index (χ1v) is 8.87. The van der Waals surface area contributed by atoms with Crippen LogP contribution in [0.2, 0.25) is 0 Å². The third-order valence-electron chi connectivity index (χ3n) is 4.65. The minimum Gasteiger partial charge on any atom is -0.368 e. The Hall–Kier alpha value is -0.540. The number of anilines is 1. The van der Waals surface area contributed by atoms with Crippen molar-refractivity contribution in [3.8, 4) is 0 Å². The van der Waals surface area contributed by atoms with E-state index in [1.54, 1.807) is 0 Å². The molecule has 0 aromatic heterocycles. The van der Waals surface area contributed by atoms with Gasteiger partial charge in [0.15, 0.2) is 0 Å². The highest BCUT2D eigenvalue weighted by Crippen LogP contribution is 2.39. The summed E-state index contributed by atoms with van der Waals surface area (Å²) in [6.07, 6.45) is 8.36. The Balaban J connectivity index is 1.56. The zero-order valence-electron chi connectivity index (χ0n) is 11.9. The Morgan fingerprint density at radius 3 is 2.55 bits per heavy atom. The van der Waals surface area contributed by atoms with Gasteiger partial charge in [0.1, 0.15) is 0 Å². The van der Waals surface area contributed by atoms with Gasteiger partial charge < -0.3 is 10.2 Å². The summed E-state index contributed by atoms with van der Waals surface area (Å²) >= 11 is 3.66. The molecule has 2 nitrogen and oxygen atoms in total. The van der Waals surface area contributed by atoms with E-state index in [0.29, 0.717) is 0 Å². The second-order valence-electron chi connectivity index (χ2n) is 6.76. The molecule has 0 atom stereocenters.